The molecule has 0 saturated heterocycles. The molecule has 0 aliphatic carbocycles. The van der Waals surface area contributed by atoms with Crippen LogP contribution in [0.5, 0.6) is 0 Å². The Morgan fingerprint density at radius 2 is 1.71 bits per heavy atom. The normalized spacial score (nSPS) is 12.5. The SMILES string of the molecule is Cc1cc(C(Cl)Cc2cccc3ccccc23)ccc1Cl. The maximum atomic E-state index is 6.62. The van der Waals surface area contributed by atoms with Crippen LogP contribution in [0.1, 0.15) is 22.1 Å². The summed E-state index contributed by atoms with van der Waals surface area (Å²) in [4.78, 5) is 0. The van der Waals surface area contributed by atoms with Crippen molar-refractivity contribution in [3.8, 4) is 0 Å². The molecule has 0 nitrogen and oxygen atoms in total. The highest BCUT2D eigenvalue weighted by Gasteiger charge is 2.12. The lowest BCUT2D eigenvalue weighted by molar-refractivity contribution is 0.925. The summed E-state index contributed by atoms with van der Waals surface area (Å²) in [6, 6.07) is 20.8. The van der Waals surface area contributed by atoms with Crippen LogP contribution in [0.4, 0.5) is 0 Å². The zero-order valence-electron chi connectivity index (χ0n) is 11.8. The van der Waals surface area contributed by atoms with E-state index in [-0.39, 0.29) is 5.38 Å². The van der Waals surface area contributed by atoms with Crippen LogP contribution < -0.4 is 0 Å². The van der Waals surface area contributed by atoms with Crippen LogP contribution in [0.15, 0.2) is 60.7 Å². The van der Waals surface area contributed by atoms with Crippen molar-refractivity contribution in [3.63, 3.8) is 0 Å². The van der Waals surface area contributed by atoms with E-state index in [1.165, 1.54) is 16.3 Å². The van der Waals surface area contributed by atoms with E-state index in [9.17, 15) is 0 Å². The number of alkyl halides is 1. The summed E-state index contributed by atoms with van der Waals surface area (Å²) in [6.07, 6.45) is 0.810. The summed E-state index contributed by atoms with van der Waals surface area (Å²) in [6.45, 7) is 2.01. The van der Waals surface area contributed by atoms with E-state index in [0.717, 1.165) is 22.6 Å². The number of fused-ring (bicyclic) bond motifs is 1. The van der Waals surface area contributed by atoms with Crippen LogP contribution in [-0.4, -0.2) is 0 Å². The maximum absolute atomic E-state index is 6.62. The first-order valence-corrected chi connectivity index (χ1v) is 7.83. The van der Waals surface area contributed by atoms with Gasteiger partial charge in [-0.15, -0.1) is 11.6 Å². The third-order valence-corrected chi connectivity index (χ3v) is 4.65. The summed E-state index contributed by atoms with van der Waals surface area (Å²) in [5.41, 5.74) is 3.46. The van der Waals surface area contributed by atoms with Crippen LogP contribution in [-0.2, 0) is 6.42 Å². The van der Waals surface area contributed by atoms with Crippen LogP contribution in [0.3, 0.4) is 0 Å². The molecule has 0 spiro atoms. The van der Waals surface area contributed by atoms with Gasteiger partial charge in [0.1, 0.15) is 0 Å². The smallest absolute Gasteiger partial charge is 0.0625 e. The van der Waals surface area contributed by atoms with Gasteiger partial charge in [-0.3, -0.25) is 0 Å². The second-order valence-corrected chi connectivity index (χ2v) is 6.25. The average molecular weight is 315 g/mol. The Morgan fingerprint density at radius 1 is 0.952 bits per heavy atom. The van der Waals surface area contributed by atoms with Crippen LogP contribution in [0, 0.1) is 6.92 Å². The Hall–Kier alpha value is -1.50. The van der Waals surface area contributed by atoms with Gasteiger partial charge in [0.05, 0.1) is 5.38 Å². The number of rotatable bonds is 3. The molecule has 0 radical (unpaired) electrons. The lowest BCUT2D eigenvalue weighted by atomic mass is 9.97. The van der Waals surface area contributed by atoms with Gasteiger partial charge in [-0.1, -0.05) is 66.2 Å². The molecule has 0 aliphatic heterocycles. The fourth-order valence-electron chi connectivity index (χ4n) is 2.64. The Bertz CT molecular complexity index is 772. The summed E-state index contributed by atoms with van der Waals surface area (Å²) < 4.78 is 0. The molecule has 0 aliphatic rings. The van der Waals surface area contributed by atoms with E-state index in [1.807, 2.05) is 19.1 Å². The summed E-state index contributed by atoms with van der Waals surface area (Å²) >= 11 is 12.7. The number of halogens is 2. The third-order valence-electron chi connectivity index (χ3n) is 3.82. The topological polar surface area (TPSA) is 0 Å². The van der Waals surface area contributed by atoms with Crippen molar-refractivity contribution in [2.75, 3.05) is 0 Å². The minimum Gasteiger partial charge on any atom is -0.117 e. The largest absolute Gasteiger partial charge is 0.117 e. The highest BCUT2D eigenvalue weighted by Crippen LogP contribution is 2.30. The standard InChI is InChI=1S/C19H16Cl2/c1-13-11-16(9-10-18(13)20)19(21)12-15-7-4-6-14-5-2-3-8-17(14)15/h2-11,19H,12H2,1H3. The predicted molar refractivity (Wildman–Crippen MR) is 92.4 cm³/mol. The Labute approximate surface area is 135 Å². The van der Waals surface area contributed by atoms with Crippen molar-refractivity contribution in [1.29, 1.82) is 0 Å². The molecule has 21 heavy (non-hydrogen) atoms. The fraction of sp³-hybridized carbons (Fsp3) is 0.158. The van der Waals surface area contributed by atoms with Gasteiger partial charge in [0, 0.05) is 5.02 Å². The number of aryl methyl sites for hydroxylation is 1. The van der Waals surface area contributed by atoms with E-state index in [1.54, 1.807) is 0 Å². The number of benzene rings is 3. The highest BCUT2D eigenvalue weighted by atomic mass is 35.5. The molecule has 0 fully saturated rings. The van der Waals surface area contributed by atoms with Crippen molar-refractivity contribution < 1.29 is 0 Å². The van der Waals surface area contributed by atoms with Gasteiger partial charge in [0.2, 0.25) is 0 Å². The van der Waals surface area contributed by atoms with E-state index >= 15 is 0 Å². The summed E-state index contributed by atoms with van der Waals surface area (Å²) in [5.74, 6) is 0. The molecule has 1 unspecified atom stereocenters. The second-order valence-electron chi connectivity index (χ2n) is 5.32. The van der Waals surface area contributed by atoms with E-state index in [2.05, 4.69) is 48.5 Å². The minimum absolute atomic E-state index is 0.0493. The number of hydrogen-bond donors (Lipinski definition) is 0. The predicted octanol–water partition coefficient (Wildman–Crippen LogP) is 6.32. The highest BCUT2D eigenvalue weighted by molar-refractivity contribution is 6.31. The third kappa shape index (κ3) is 3.07. The molecule has 3 aromatic rings. The molecule has 1 atom stereocenters. The molecule has 0 heterocycles. The molecule has 0 N–H and O–H groups in total. The Balaban J connectivity index is 1.92. The first-order chi connectivity index (χ1) is 10.1. The molecule has 0 aromatic heterocycles. The second kappa shape index (κ2) is 6.09. The summed E-state index contributed by atoms with van der Waals surface area (Å²) in [7, 11) is 0. The van der Waals surface area contributed by atoms with Gasteiger partial charge in [0.25, 0.3) is 0 Å². The minimum atomic E-state index is -0.0493. The van der Waals surface area contributed by atoms with Crippen molar-refractivity contribution in [3.05, 3.63) is 82.4 Å². The first-order valence-electron chi connectivity index (χ1n) is 7.02. The first kappa shape index (κ1) is 14.4. The Kier molecular flexibility index (Phi) is 4.19. The maximum Gasteiger partial charge on any atom is 0.0625 e. The van der Waals surface area contributed by atoms with Gasteiger partial charge >= 0.3 is 0 Å². The van der Waals surface area contributed by atoms with Crippen molar-refractivity contribution in [2.24, 2.45) is 0 Å². The molecule has 2 heteroatoms. The lowest BCUT2D eigenvalue weighted by Crippen LogP contribution is -1.97. The van der Waals surface area contributed by atoms with Gasteiger partial charge in [-0.05, 0) is 46.9 Å². The molecule has 106 valence electrons. The van der Waals surface area contributed by atoms with E-state index < -0.39 is 0 Å². The van der Waals surface area contributed by atoms with Crippen molar-refractivity contribution >= 4 is 34.0 Å². The van der Waals surface area contributed by atoms with Gasteiger partial charge in [-0.25, -0.2) is 0 Å². The van der Waals surface area contributed by atoms with Gasteiger partial charge < -0.3 is 0 Å². The zero-order valence-corrected chi connectivity index (χ0v) is 13.3. The molecular weight excluding hydrogens is 299 g/mol. The van der Waals surface area contributed by atoms with Crippen molar-refractivity contribution in [1.82, 2.24) is 0 Å². The molecule has 0 saturated carbocycles. The van der Waals surface area contributed by atoms with E-state index in [0.29, 0.717) is 0 Å². The molecular formula is C19H16Cl2. The van der Waals surface area contributed by atoms with Gasteiger partial charge in [-0.2, -0.15) is 0 Å². The lowest BCUT2D eigenvalue weighted by Gasteiger charge is -2.13. The molecule has 3 rings (SSSR count). The van der Waals surface area contributed by atoms with E-state index in [4.69, 9.17) is 23.2 Å². The quantitative estimate of drug-likeness (QED) is 0.496. The van der Waals surface area contributed by atoms with Crippen molar-refractivity contribution in [2.45, 2.75) is 18.7 Å². The zero-order chi connectivity index (χ0) is 14.8. The number of hydrogen-bond acceptors (Lipinski definition) is 0. The van der Waals surface area contributed by atoms with Crippen LogP contribution in [0.2, 0.25) is 5.02 Å². The Morgan fingerprint density at radius 3 is 2.52 bits per heavy atom. The average Bonchev–Trinajstić information content (AvgIpc) is 2.50. The summed E-state index contributed by atoms with van der Waals surface area (Å²) in [5, 5.41) is 3.27. The van der Waals surface area contributed by atoms with Crippen LogP contribution >= 0.6 is 23.2 Å². The fourth-order valence-corrected chi connectivity index (χ4v) is 3.06. The molecule has 0 amide bonds. The molecule has 3 aromatic carbocycles. The monoisotopic (exact) mass is 314 g/mol. The van der Waals surface area contributed by atoms with Gasteiger partial charge in [0.15, 0.2) is 0 Å². The molecule has 0 bridgehead atoms. The van der Waals surface area contributed by atoms with Crippen LogP contribution in [0.25, 0.3) is 10.8 Å².